The summed E-state index contributed by atoms with van der Waals surface area (Å²) in [5.41, 5.74) is 1.19. The zero-order valence-corrected chi connectivity index (χ0v) is 13.2. The highest BCUT2D eigenvalue weighted by molar-refractivity contribution is 5.75. The minimum atomic E-state index is -0.0813. The lowest BCUT2D eigenvalue weighted by molar-refractivity contribution is -0.122. The molecule has 1 N–H and O–H groups in total. The molecule has 3 rings (SSSR count). The predicted molar refractivity (Wildman–Crippen MR) is 83.7 cm³/mol. The van der Waals surface area contributed by atoms with Gasteiger partial charge in [0.1, 0.15) is 12.4 Å². The molecule has 0 atom stereocenters. The van der Waals surface area contributed by atoms with Gasteiger partial charge < -0.3 is 10.1 Å². The molecule has 0 radical (unpaired) electrons. The Balaban J connectivity index is 1.67. The van der Waals surface area contributed by atoms with Crippen LogP contribution in [0.15, 0.2) is 30.3 Å². The van der Waals surface area contributed by atoms with Crippen LogP contribution >= 0.6 is 0 Å². The minimum Gasteiger partial charge on any atom is -0.381 e. The first kappa shape index (κ1) is 15.6. The molecule has 7 nitrogen and oxygen atoms in total. The summed E-state index contributed by atoms with van der Waals surface area (Å²) in [6.45, 7) is 3.95. The molecule has 0 aliphatic carbocycles. The number of hydrogen-bond acceptors (Lipinski definition) is 5. The van der Waals surface area contributed by atoms with Gasteiger partial charge in [-0.15, -0.1) is 5.10 Å². The van der Waals surface area contributed by atoms with E-state index in [0.29, 0.717) is 12.4 Å². The maximum Gasteiger partial charge on any atom is 0.241 e. The first-order chi connectivity index (χ1) is 11.2. The summed E-state index contributed by atoms with van der Waals surface area (Å²) >= 11 is 0. The first-order valence-corrected chi connectivity index (χ1v) is 7.82. The molecule has 1 aliphatic rings. The molecule has 0 bridgehead atoms. The summed E-state index contributed by atoms with van der Waals surface area (Å²) in [6.07, 6.45) is 1.81. The third kappa shape index (κ3) is 3.56. The van der Waals surface area contributed by atoms with E-state index in [9.17, 15) is 4.79 Å². The summed E-state index contributed by atoms with van der Waals surface area (Å²) in [5.74, 6) is 0.547. The summed E-state index contributed by atoms with van der Waals surface area (Å²) < 4.78 is 7.01. The highest BCUT2D eigenvalue weighted by Crippen LogP contribution is 2.34. The van der Waals surface area contributed by atoms with Gasteiger partial charge in [0, 0.05) is 25.2 Å². The molecule has 2 heterocycles. The zero-order chi connectivity index (χ0) is 16.1. The number of tetrazole rings is 1. The maximum absolute atomic E-state index is 12.2. The number of rotatable bonds is 5. The van der Waals surface area contributed by atoms with Crippen molar-refractivity contribution in [3.05, 3.63) is 41.7 Å². The smallest absolute Gasteiger partial charge is 0.241 e. The van der Waals surface area contributed by atoms with Crippen LogP contribution in [0.25, 0.3) is 0 Å². The number of nitrogens with one attached hydrogen (secondary N) is 1. The molecule has 1 amide bonds. The van der Waals surface area contributed by atoms with Crippen molar-refractivity contribution in [3.63, 3.8) is 0 Å². The van der Waals surface area contributed by atoms with E-state index in [4.69, 9.17) is 4.74 Å². The molecule has 1 aromatic carbocycles. The number of hydrogen-bond donors (Lipinski definition) is 1. The summed E-state index contributed by atoms with van der Waals surface area (Å²) in [5, 5.41) is 14.2. The van der Waals surface area contributed by atoms with Gasteiger partial charge in [-0.25, -0.2) is 4.68 Å². The van der Waals surface area contributed by atoms with Gasteiger partial charge in [-0.2, -0.15) is 0 Å². The van der Waals surface area contributed by atoms with Crippen LogP contribution in [0.5, 0.6) is 0 Å². The van der Waals surface area contributed by atoms with Crippen molar-refractivity contribution in [1.82, 2.24) is 25.5 Å². The molecule has 0 spiro atoms. The van der Waals surface area contributed by atoms with Gasteiger partial charge in [-0.3, -0.25) is 4.79 Å². The fraction of sp³-hybridized carbons (Fsp3) is 0.500. The topological polar surface area (TPSA) is 81.9 Å². The Labute approximate surface area is 135 Å². The van der Waals surface area contributed by atoms with Crippen molar-refractivity contribution in [2.45, 2.75) is 31.7 Å². The Kier molecular flexibility index (Phi) is 4.66. The molecule has 7 heteroatoms. The van der Waals surface area contributed by atoms with Gasteiger partial charge in [0.05, 0.1) is 0 Å². The van der Waals surface area contributed by atoms with Crippen LogP contribution in [-0.2, 0) is 21.5 Å². The van der Waals surface area contributed by atoms with Crippen LogP contribution in [-0.4, -0.2) is 45.9 Å². The predicted octanol–water partition coefficient (Wildman–Crippen LogP) is 0.846. The van der Waals surface area contributed by atoms with Gasteiger partial charge in [0.15, 0.2) is 0 Å². The number of ether oxygens (including phenoxy) is 1. The number of carbonyl (C=O) groups is 1. The molecular formula is C16H21N5O2. The SMILES string of the molecule is Cc1nnnn1CC(=O)NCC1(c2ccccc2)CCOCC1. The lowest BCUT2D eigenvalue weighted by Crippen LogP contribution is -2.45. The largest absolute Gasteiger partial charge is 0.381 e. The summed E-state index contributed by atoms with van der Waals surface area (Å²) in [7, 11) is 0. The average Bonchev–Trinajstić information content (AvgIpc) is 2.99. The highest BCUT2D eigenvalue weighted by Gasteiger charge is 2.34. The van der Waals surface area contributed by atoms with Crippen LogP contribution in [0.4, 0.5) is 0 Å². The van der Waals surface area contributed by atoms with Gasteiger partial charge in [-0.1, -0.05) is 30.3 Å². The van der Waals surface area contributed by atoms with E-state index in [1.54, 1.807) is 6.92 Å². The Morgan fingerprint density at radius 2 is 2.04 bits per heavy atom. The second-order valence-corrected chi connectivity index (χ2v) is 5.92. The highest BCUT2D eigenvalue weighted by atomic mass is 16.5. The molecule has 0 unspecified atom stereocenters. The number of benzene rings is 1. The number of carbonyl (C=O) groups excluding carboxylic acids is 1. The number of aryl methyl sites for hydroxylation is 1. The maximum atomic E-state index is 12.2. The fourth-order valence-corrected chi connectivity index (χ4v) is 2.98. The first-order valence-electron chi connectivity index (χ1n) is 7.82. The van der Waals surface area contributed by atoms with Crippen molar-refractivity contribution in [1.29, 1.82) is 0 Å². The van der Waals surface area contributed by atoms with E-state index in [0.717, 1.165) is 26.1 Å². The zero-order valence-electron chi connectivity index (χ0n) is 13.2. The van der Waals surface area contributed by atoms with Crippen LogP contribution in [0.3, 0.4) is 0 Å². The Bertz CT molecular complexity index is 650. The molecule has 1 fully saturated rings. The van der Waals surface area contributed by atoms with Crippen molar-refractivity contribution < 1.29 is 9.53 Å². The Morgan fingerprint density at radius 3 is 2.70 bits per heavy atom. The lowest BCUT2D eigenvalue weighted by Gasteiger charge is -2.38. The van der Waals surface area contributed by atoms with E-state index in [1.807, 2.05) is 18.2 Å². The van der Waals surface area contributed by atoms with Gasteiger partial charge in [0.25, 0.3) is 0 Å². The Hall–Kier alpha value is -2.28. The molecular weight excluding hydrogens is 294 g/mol. The second-order valence-electron chi connectivity index (χ2n) is 5.92. The van der Waals surface area contributed by atoms with Gasteiger partial charge in [-0.05, 0) is 35.8 Å². The molecule has 23 heavy (non-hydrogen) atoms. The van der Waals surface area contributed by atoms with E-state index in [1.165, 1.54) is 10.2 Å². The molecule has 1 aromatic heterocycles. The normalized spacial score (nSPS) is 16.9. The fourth-order valence-electron chi connectivity index (χ4n) is 2.98. The van der Waals surface area contributed by atoms with Gasteiger partial charge in [0.2, 0.25) is 5.91 Å². The number of nitrogens with zero attached hydrogens (tertiary/aromatic N) is 4. The third-order valence-electron chi connectivity index (χ3n) is 4.46. The van der Waals surface area contributed by atoms with Crippen LogP contribution in [0, 0.1) is 6.92 Å². The number of aromatic nitrogens is 4. The molecule has 122 valence electrons. The monoisotopic (exact) mass is 315 g/mol. The quantitative estimate of drug-likeness (QED) is 0.884. The lowest BCUT2D eigenvalue weighted by atomic mass is 9.74. The summed E-state index contributed by atoms with van der Waals surface area (Å²) in [4.78, 5) is 12.2. The van der Waals surface area contributed by atoms with Crippen molar-refractivity contribution in [3.8, 4) is 0 Å². The Morgan fingerprint density at radius 1 is 1.30 bits per heavy atom. The molecule has 2 aromatic rings. The van der Waals surface area contributed by atoms with Crippen LogP contribution in [0.1, 0.15) is 24.2 Å². The number of amides is 1. The van der Waals surface area contributed by atoms with E-state index in [-0.39, 0.29) is 17.9 Å². The summed E-state index contributed by atoms with van der Waals surface area (Å²) in [6, 6.07) is 10.3. The van der Waals surface area contributed by atoms with Crippen molar-refractivity contribution in [2.75, 3.05) is 19.8 Å². The van der Waals surface area contributed by atoms with E-state index in [2.05, 4.69) is 33.0 Å². The van der Waals surface area contributed by atoms with E-state index < -0.39 is 0 Å². The molecule has 1 saturated heterocycles. The minimum absolute atomic E-state index is 0.0647. The third-order valence-corrected chi connectivity index (χ3v) is 4.46. The van der Waals surface area contributed by atoms with E-state index >= 15 is 0 Å². The van der Waals surface area contributed by atoms with Crippen molar-refractivity contribution >= 4 is 5.91 Å². The standard InChI is InChI=1S/C16H21N5O2/c1-13-18-19-20-21(13)11-15(22)17-12-16(7-9-23-10-8-16)14-5-3-2-4-6-14/h2-6H,7-12H2,1H3,(H,17,22). The second kappa shape index (κ2) is 6.87. The van der Waals surface area contributed by atoms with Crippen LogP contribution < -0.4 is 5.32 Å². The van der Waals surface area contributed by atoms with Gasteiger partial charge >= 0.3 is 0 Å². The van der Waals surface area contributed by atoms with Crippen molar-refractivity contribution in [2.24, 2.45) is 0 Å². The average molecular weight is 315 g/mol. The van der Waals surface area contributed by atoms with Crippen LogP contribution in [0.2, 0.25) is 0 Å². The molecule has 1 aliphatic heterocycles. The molecule has 0 saturated carbocycles.